The van der Waals surface area contributed by atoms with Crippen molar-refractivity contribution in [1.29, 1.82) is 0 Å². The first-order chi connectivity index (χ1) is 14.2. The first kappa shape index (κ1) is 19.9. The van der Waals surface area contributed by atoms with Gasteiger partial charge in [-0.25, -0.2) is 4.39 Å². The number of hydrogen-bond acceptors (Lipinski definition) is 1. The zero-order valence-electron chi connectivity index (χ0n) is 17.4. The summed E-state index contributed by atoms with van der Waals surface area (Å²) < 4.78 is 15.9. The molecule has 1 aliphatic heterocycles. The molecule has 0 unspecified atom stereocenters. The molecule has 1 fully saturated rings. The first-order valence-electron chi connectivity index (χ1n) is 10.8. The number of para-hydroxylation sites is 1. The minimum absolute atomic E-state index is 0.607. The van der Waals surface area contributed by atoms with E-state index in [0.29, 0.717) is 12.8 Å². The zero-order valence-corrected chi connectivity index (χ0v) is 17.4. The summed E-state index contributed by atoms with van der Waals surface area (Å²) >= 11 is 0. The second-order valence-electron chi connectivity index (χ2n) is 8.18. The Kier molecular flexibility index (Phi) is 6.15. The van der Waals surface area contributed by atoms with E-state index in [4.69, 9.17) is 0 Å². The molecule has 0 amide bonds. The van der Waals surface area contributed by atoms with E-state index < -0.39 is 6.17 Å². The van der Waals surface area contributed by atoms with Gasteiger partial charge in [0, 0.05) is 42.8 Å². The van der Waals surface area contributed by atoms with Crippen molar-refractivity contribution in [3.05, 3.63) is 83.6 Å². The number of fused-ring (bicyclic) bond motifs is 1. The number of aromatic nitrogens is 1. The second kappa shape index (κ2) is 8.96. The lowest BCUT2D eigenvalue weighted by molar-refractivity contribution is 0.147. The van der Waals surface area contributed by atoms with Crippen molar-refractivity contribution in [2.24, 2.45) is 0 Å². The quantitative estimate of drug-likeness (QED) is 0.594. The van der Waals surface area contributed by atoms with Gasteiger partial charge in [0.25, 0.3) is 0 Å². The van der Waals surface area contributed by atoms with Gasteiger partial charge in [-0.15, -0.1) is 0 Å². The standard InChI is InChI=1S/C26H31FN2/c1-3-21-7-6-8-22(12-11-21)19-25-20(2)29(26-10-5-4-9-24(25)26)18-17-28-15-13-23(27)14-16-28/h3-5,7-12,23H,1,6,13-19H2,2H3. The molecule has 2 nitrogen and oxygen atoms in total. The molecule has 2 aliphatic rings. The molecule has 152 valence electrons. The van der Waals surface area contributed by atoms with Gasteiger partial charge < -0.3 is 9.47 Å². The number of piperidine rings is 1. The van der Waals surface area contributed by atoms with Crippen LogP contribution < -0.4 is 0 Å². The van der Waals surface area contributed by atoms with E-state index >= 15 is 0 Å². The predicted molar refractivity (Wildman–Crippen MR) is 121 cm³/mol. The van der Waals surface area contributed by atoms with Crippen LogP contribution in [0.4, 0.5) is 4.39 Å². The molecule has 1 aromatic carbocycles. The Hall–Kier alpha value is -2.39. The molecular formula is C26H31FN2. The average Bonchev–Trinajstić information content (AvgIpc) is 2.88. The van der Waals surface area contributed by atoms with Crippen molar-refractivity contribution in [3.8, 4) is 0 Å². The molecule has 0 radical (unpaired) electrons. The van der Waals surface area contributed by atoms with Crippen molar-refractivity contribution in [1.82, 2.24) is 9.47 Å². The van der Waals surface area contributed by atoms with E-state index in [9.17, 15) is 4.39 Å². The Bertz CT molecular complexity index is 968. The van der Waals surface area contributed by atoms with Crippen molar-refractivity contribution >= 4 is 10.9 Å². The number of alkyl halides is 1. The lowest BCUT2D eigenvalue weighted by atomic mass is 10.0. The van der Waals surface area contributed by atoms with E-state index in [0.717, 1.165) is 39.0 Å². The minimum atomic E-state index is -0.607. The van der Waals surface area contributed by atoms with E-state index in [1.807, 2.05) is 6.08 Å². The van der Waals surface area contributed by atoms with Crippen LogP contribution in [-0.2, 0) is 13.0 Å². The molecule has 2 heterocycles. The number of likely N-dealkylation sites (tertiary alicyclic amines) is 1. The topological polar surface area (TPSA) is 8.17 Å². The van der Waals surface area contributed by atoms with Crippen LogP contribution in [0.25, 0.3) is 10.9 Å². The number of allylic oxidation sites excluding steroid dienone is 7. The van der Waals surface area contributed by atoms with E-state index in [1.165, 1.54) is 33.3 Å². The predicted octanol–water partition coefficient (Wildman–Crippen LogP) is 5.92. The maximum absolute atomic E-state index is 13.4. The molecule has 0 spiro atoms. The summed E-state index contributed by atoms with van der Waals surface area (Å²) in [5, 5.41) is 1.35. The molecule has 4 rings (SSSR count). The summed E-state index contributed by atoms with van der Waals surface area (Å²) in [6, 6.07) is 8.74. The molecule has 0 bridgehead atoms. The molecular weight excluding hydrogens is 359 g/mol. The van der Waals surface area contributed by atoms with Gasteiger partial charge in [0.15, 0.2) is 0 Å². The van der Waals surface area contributed by atoms with Gasteiger partial charge in [-0.05, 0) is 55.4 Å². The summed E-state index contributed by atoms with van der Waals surface area (Å²) in [6.07, 6.45) is 13.5. The number of nitrogens with zero attached hydrogens (tertiary/aromatic N) is 2. The van der Waals surface area contributed by atoms with Crippen molar-refractivity contribution < 1.29 is 4.39 Å². The van der Waals surface area contributed by atoms with Crippen molar-refractivity contribution in [3.63, 3.8) is 0 Å². The highest BCUT2D eigenvalue weighted by atomic mass is 19.1. The van der Waals surface area contributed by atoms with Crippen LogP contribution in [0.1, 0.15) is 30.5 Å². The third kappa shape index (κ3) is 4.45. The van der Waals surface area contributed by atoms with Crippen LogP contribution in [0.5, 0.6) is 0 Å². The van der Waals surface area contributed by atoms with Gasteiger partial charge in [-0.1, -0.05) is 55.2 Å². The Morgan fingerprint density at radius 1 is 1.10 bits per heavy atom. The molecule has 0 N–H and O–H groups in total. The molecule has 29 heavy (non-hydrogen) atoms. The lowest BCUT2D eigenvalue weighted by Gasteiger charge is -2.28. The summed E-state index contributed by atoms with van der Waals surface area (Å²) in [7, 11) is 0. The number of hydrogen-bond donors (Lipinski definition) is 0. The molecule has 1 aliphatic carbocycles. The normalized spacial score (nSPS) is 18.6. The molecule has 1 saturated heterocycles. The highest BCUT2D eigenvalue weighted by Gasteiger charge is 2.19. The van der Waals surface area contributed by atoms with Crippen molar-refractivity contribution in [2.75, 3.05) is 19.6 Å². The number of rotatable bonds is 6. The van der Waals surface area contributed by atoms with Crippen LogP contribution in [0.3, 0.4) is 0 Å². The molecule has 0 saturated carbocycles. The maximum atomic E-state index is 13.4. The van der Waals surface area contributed by atoms with Crippen LogP contribution >= 0.6 is 0 Å². The second-order valence-corrected chi connectivity index (χ2v) is 8.18. The van der Waals surface area contributed by atoms with Crippen LogP contribution in [0, 0.1) is 6.92 Å². The largest absolute Gasteiger partial charge is 0.343 e. The van der Waals surface area contributed by atoms with Gasteiger partial charge in [-0.2, -0.15) is 0 Å². The van der Waals surface area contributed by atoms with Gasteiger partial charge in [-0.3, -0.25) is 0 Å². The molecule has 0 atom stereocenters. The van der Waals surface area contributed by atoms with Gasteiger partial charge >= 0.3 is 0 Å². The summed E-state index contributed by atoms with van der Waals surface area (Å²) in [6.45, 7) is 9.83. The summed E-state index contributed by atoms with van der Waals surface area (Å²) in [4.78, 5) is 2.41. The molecule has 2 aromatic rings. The third-order valence-electron chi connectivity index (χ3n) is 6.36. The minimum Gasteiger partial charge on any atom is -0.343 e. The Labute approximate surface area is 173 Å². The summed E-state index contributed by atoms with van der Waals surface area (Å²) in [5.74, 6) is 0. The number of benzene rings is 1. The number of halogens is 1. The van der Waals surface area contributed by atoms with E-state index in [1.54, 1.807) is 0 Å². The van der Waals surface area contributed by atoms with Crippen LogP contribution in [0.15, 0.2) is 72.4 Å². The summed E-state index contributed by atoms with van der Waals surface area (Å²) in [5.41, 5.74) is 6.62. The highest BCUT2D eigenvalue weighted by molar-refractivity contribution is 5.86. The van der Waals surface area contributed by atoms with E-state index in [-0.39, 0.29) is 0 Å². The fourth-order valence-electron chi connectivity index (χ4n) is 4.55. The smallest absolute Gasteiger partial charge is 0.103 e. The van der Waals surface area contributed by atoms with Gasteiger partial charge in [0.2, 0.25) is 0 Å². The van der Waals surface area contributed by atoms with Crippen molar-refractivity contribution in [2.45, 2.75) is 45.3 Å². The SMILES string of the molecule is C=CC1=CCC=C(Cc2c(C)n(CCN3CCC(F)CC3)c3ccccc23)C=C1. The first-order valence-corrected chi connectivity index (χ1v) is 10.8. The monoisotopic (exact) mass is 390 g/mol. The third-order valence-corrected chi connectivity index (χ3v) is 6.36. The molecule has 1 aromatic heterocycles. The highest BCUT2D eigenvalue weighted by Crippen LogP contribution is 2.29. The fraction of sp³-hybridized carbons (Fsp3) is 0.385. The molecule has 3 heteroatoms. The Balaban J connectivity index is 1.56. The van der Waals surface area contributed by atoms with Gasteiger partial charge in [0.1, 0.15) is 6.17 Å². The van der Waals surface area contributed by atoms with Crippen LogP contribution in [0.2, 0.25) is 0 Å². The maximum Gasteiger partial charge on any atom is 0.103 e. The van der Waals surface area contributed by atoms with Gasteiger partial charge in [0.05, 0.1) is 0 Å². The zero-order chi connectivity index (χ0) is 20.2. The van der Waals surface area contributed by atoms with Crippen LogP contribution in [-0.4, -0.2) is 35.3 Å². The van der Waals surface area contributed by atoms with E-state index in [2.05, 4.69) is 71.5 Å². The average molecular weight is 391 g/mol. The lowest BCUT2D eigenvalue weighted by Crippen LogP contribution is -2.36. The Morgan fingerprint density at radius 2 is 1.90 bits per heavy atom. The fourth-order valence-corrected chi connectivity index (χ4v) is 4.55. The Morgan fingerprint density at radius 3 is 2.69 bits per heavy atom.